The second-order valence-electron chi connectivity index (χ2n) is 3.80. The van der Waals surface area contributed by atoms with Crippen molar-refractivity contribution in [3.8, 4) is 5.82 Å². The van der Waals surface area contributed by atoms with Crippen LogP contribution in [0, 0.1) is 0 Å². The summed E-state index contributed by atoms with van der Waals surface area (Å²) in [5.74, 6) is 0.313. The normalized spacial score (nSPS) is 12.1. The lowest BCUT2D eigenvalue weighted by molar-refractivity contribution is 0.0923. The van der Waals surface area contributed by atoms with Crippen LogP contribution >= 0.6 is 0 Å². The molecule has 2 aromatic heterocycles. The van der Waals surface area contributed by atoms with E-state index in [9.17, 15) is 4.79 Å². The van der Waals surface area contributed by atoms with Crippen LogP contribution in [0.4, 0.5) is 0 Å². The van der Waals surface area contributed by atoms with Gasteiger partial charge in [0, 0.05) is 12.7 Å². The van der Waals surface area contributed by atoms with Gasteiger partial charge < -0.3 is 10.4 Å². The van der Waals surface area contributed by atoms with Gasteiger partial charge in [-0.05, 0) is 19.1 Å². The Morgan fingerprint density at radius 3 is 2.94 bits per heavy atom. The van der Waals surface area contributed by atoms with Crippen LogP contribution in [0.15, 0.2) is 31.0 Å². The number of aliphatic hydroxyl groups is 1. The Balaban J connectivity index is 2.06. The van der Waals surface area contributed by atoms with Crippen molar-refractivity contribution < 1.29 is 9.90 Å². The first-order valence-electron chi connectivity index (χ1n) is 5.44. The van der Waals surface area contributed by atoms with Crippen molar-refractivity contribution in [3.63, 3.8) is 0 Å². The predicted octanol–water partition coefficient (Wildman–Crippen LogP) is -0.227. The summed E-state index contributed by atoms with van der Waals surface area (Å²) in [6, 6.07) is 3.31. The number of nitrogens with one attached hydrogen (secondary N) is 1. The third kappa shape index (κ3) is 2.89. The van der Waals surface area contributed by atoms with Crippen LogP contribution in [0.2, 0.25) is 0 Å². The van der Waals surface area contributed by atoms with Gasteiger partial charge in [0.05, 0.1) is 11.7 Å². The lowest BCUT2D eigenvalue weighted by Gasteiger charge is -2.07. The maximum Gasteiger partial charge on any atom is 0.252 e. The van der Waals surface area contributed by atoms with E-state index in [1.165, 1.54) is 23.5 Å². The zero-order valence-corrected chi connectivity index (χ0v) is 9.82. The van der Waals surface area contributed by atoms with Gasteiger partial charge in [0.2, 0.25) is 0 Å². The Morgan fingerprint density at radius 1 is 1.56 bits per heavy atom. The highest BCUT2D eigenvalue weighted by molar-refractivity contribution is 5.93. The summed E-state index contributed by atoms with van der Waals surface area (Å²) < 4.78 is 1.50. The first-order valence-corrected chi connectivity index (χ1v) is 5.44. The molecule has 0 aliphatic rings. The largest absolute Gasteiger partial charge is 0.392 e. The zero-order valence-electron chi connectivity index (χ0n) is 9.82. The highest BCUT2D eigenvalue weighted by Crippen LogP contribution is 2.03. The van der Waals surface area contributed by atoms with Crippen LogP contribution in [-0.4, -0.2) is 43.4 Å². The number of amides is 1. The van der Waals surface area contributed by atoms with Crippen molar-refractivity contribution in [1.29, 1.82) is 0 Å². The van der Waals surface area contributed by atoms with Gasteiger partial charge in [-0.3, -0.25) is 4.79 Å². The lowest BCUT2D eigenvalue weighted by atomic mass is 10.2. The molecule has 2 rings (SSSR count). The van der Waals surface area contributed by atoms with E-state index in [1.54, 1.807) is 19.1 Å². The van der Waals surface area contributed by atoms with Crippen LogP contribution in [-0.2, 0) is 0 Å². The molecule has 1 atom stereocenters. The van der Waals surface area contributed by atoms with Gasteiger partial charge in [-0.1, -0.05) is 0 Å². The molecule has 1 amide bonds. The van der Waals surface area contributed by atoms with Crippen LogP contribution in [0.5, 0.6) is 0 Å². The topological polar surface area (TPSA) is 92.9 Å². The van der Waals surface area contributed by atoms with Gasteiger partial charge in [0.1, 0.15) is 12.7 Å². The minimum absolute atomic E-state index is 0.212. The molecule has 0 spiro atoms. The fraction of sp³-hybridized carbons (Fsp3) is 0.273. The maximum atomic E-state index is 11.6. The molecule has 0 aliphatic heterocycles. The smallest absolute Gasteiger partial charge is 0.252 e. The molecule has 2 N–H and O–H groups in total. The van der Waals surface area contributed by atoms with E-state index in [4.69, 9.17) is 5.11 Å². The van der Waals surface area contributed by atoms with E-state index in [1.807, 2.05) is 0 Å². The summed E-state index contributed by atoms with van der Waals surface area (Å²) in [7, 11) is 0. The first kappa shape index (κ1) is 12.2. The highest BCUT2D eigenvalue weighted by Gasteiger charge is 2.07. The molecule has 2 heterocycles. The molecule has 7 heteroatoms. The number of pyridine rings is 1. The SMILES string of the molecule is C[C@H](O)CNC(=O)c1ccc(-n2cncn2)nc1. The molecule has 18 heavy (non-hydrogen) atoms. The predicted molar refractivity (Wildman–Crippen MR) is 63.2 cm³/mol. The van der Waals surface area contributed by atoms with Gasteiger partial charge >= 0.3 is 0 Å². The molecular weight excluding hydrogens is 234 g/mol. The molecule has 0 radical (unpaired) electrons. The molecule has 0 aromatic carbocycles. The summed E-state index contributed by atoms with van der Waals surface area (Å²) in [5, 5.41) is 15.6. The number of nitrogens with zero attached hydrogens (tertiary/aromatic N) is 4. The zero-order chi connectivity index (χ0) is 13.0. The van der Waals surface area contributed by atoms with Crippen molar-refractivity contribution in [2.75, 3.05) is 6.54 Å². The summed E-state index contributed by atoms with van der Waals surface area (Å²) >= 11 is 0. The second-order valence-corrected chi connectivity index (χ2v) is 3.80. The van der Waals surface area contributed by atoms with E-state index in [2.05, 4.69) is 20.4 Å². The third-order valence-corrected chi connectivity index (χ3v) is 2.22. The van der Waals surface area contributed by atoms with E-state index >= 15 is 0 Å². The average molecular weight is 247 g/mol. The molecule has 0 unspecified atom stereocenters. The number of aromatic nitrogens is 4. The minimum atomic E-state index is -0.573. The molecule has 94 valence electrons. The van der Waals surface area contributed by atoms with Crippen molar-refractivity contribution >= 4 is 5.91 Å². The number of hydrogen-bond donors (Lipinski definition) is 2. The summed E-state index contributed by atoms with van der Waals surface area (Å²) in [5.41, 5.74) is 0.430. The molecule has 0 aliphatic carbocycles. The molecule has 0 saturated carbocycles. The fourth-order valence-corrected chi connectivity index (χ4v) is 1.32. The molecular formula is C11H13N5O2. The van der Waals surface area contributed by atoms with Crippen molar-refractivity contribution in [1.82, 2.24) is 25.1 Å². The molecule has 0 fully saturated rings. The molecule has 0 bridgehead atoms. The van der Waals surface area contributed by atoms with E-state index in [0.29, 0.717) is 11.4 Å². The van der Waals surface area contributed by atoms with E-state index < -0.39 is 6.10 Å². The summed E-state index contributed by atoms with van der Waals surface area (Å²) in [6.45, 7) is 1.82. The third-order valence-electron chi connectivity index (χ3n) is 2.22. The number of rotatable bonds is 4. The van der Waals surface area contributed by atoms with Crippen LogP contribution in [0.25, 0.3) is 5.82 Å². The number of aliphatic hydroxyl groups excluding tert-OH is 1. The molecule has 0 saturated heterocycles. The van der Waals surface area contributed by atoms with E-state index in [-0.39, 0.29) is 12.5 Å². The van der Waals surface area contributed by atoms with E-state index in [0.717, 1.165) is 0 Å². The Morgan fingerprint density at radius 2 is 2.39 bits per heavy atom. The number of carbonyl (C=O) groups excluding carboxylic acids is 1. The Kier molecular flexibility index (Phi) is 3.63. The quantitative estimate of drug-likeness (QED) is 0.778. The van der Waals surface area contributed by atoms with Crippen molar-refractivity contribution in [3.05, 3.63) is 36.5 Å². The van der Waals surface area contributed by atoms with Crippen molar-refractivity contribution in [2.24, 2.45) is 0 Å². The maximum absolute atomic E-state index is 11.6. The van der Waals surface area contributed by atoms with Gasteiger partial charge in [0.25, 0.3) is 5.91 Å². The average Bonchev–Trinajstić information content (AvgIpc) is 2.90. The summed E-state index contributed by atoms with van der Waals surface area (Å²) in [6.07, 6.45) is 3.81. The Hall–Kier alpha value is -2.28. The van der Waals surface area contributed by atoms with Gasteiger partial charge in [-0.2, -0.15) is 5.10 Å². The van der Waals surface area contributed by atoms with Gasteiger partial charge in [0.15, 0.2) is 5.82 Å². The Bertz CT molecular complexity index is 507. The second kappa shape index (κ2) is 5.37. The molecule has 7 nitrogen and oxygen atoms in total. The van der Waals surface area contributed by atoms with Crippen LogP contribution in [0.1, 0.15) is 17.3 Å². The minimum Gasteiger partial charge on any atom is -0.392 e. The summed E-state index contributed by atoms with van der Waals surface area (Å²) in [4.78, 5) is 19.6. The Labute approximate surface area is 104 Å². The highest BCUT2D eigenvalue weighted by atomic mass is 16.3. The number of carbonyl (C=O) groups is 1. The van der Waals surface area contributed by atoms with Crippen molar-refractivity contribution in [2.45, 2.75) is 13.0 Å². The lowest BCUT2D eigenvalue weighted by Crippen LogP contribution is -2.30. The van der Waals surface area contributed by atoms with Crippen LogP contribution < -0.4 is 5.32 Å². The number of hydrogen-bond acceptors (Lipinski definition) is 5. The van der Waals surface area contributed by atoms with Gasteiger partial charge in [-0.25, -0.2) is 14.6 Å². The van der Waals surface area contributed by atoms with Crippen LogP contribution in [0.3, 0.4) is 0 Å². The monoisotopic (exact) mass is 247 g/mol. The first-order chi connectivity index (χ1) is 8.66. The standard InChI is InChI=1S/C11H13N5O2/c1-8(17)4-14-11(18)9-2-3-10(13-5-9)16-7-12-6-15-16/h2-3,5-8,17H,4H2,1H3,(H,14,18)/t8-/m0/s1. The van der Waals surface area contributed by atoms with Gasteiger partial charge in [-0.15, -0.1) is 0 Å². The fourth-order valence-electron chi connectivity index (χ4n) is 1.32. The molecule has 2 aromatic rings.